The van der Waals surface area contributed by atoms with Gasteiger partial charge in [0.25, 0.3) is 5.91 Å². The van der Waals surface area contributed by atoms with Crippen LogP contribution in [-0.4, -0.2) is 17.7 Å². The summed E-state index contributed by atoms with van der Waals surface area (Å²) in [5.74, 6) is 1.40. The summed E-state index contributed by atoms with van der Waals surface area (Å²) in [7, 11) is 0. The van der Waals surface area contributed by atoms with Crippen molar-refractivity contribution in [2.24, 2.45) is 0 Å². The Morgan fingerprint density at radius 1 is 1.12 bits per heavy atom. The predicted molar refractivity (Wildman–Crippen MR) is 97.8 cm³/mol. The van der Waals surface area contributed by atoms with Gasteiger partial charge in [-0.05, 0) is 24.3 Å². The molecule has 1 N–H and O–H groups in total. The molecule has 1 aliphatic rings. The zero-order valence-electron chi connectivity index (χ0n) is 13.4. The summed E-state index contributed by atoms with van der Waals surface area (Å²) in [6, 6.07) is 14.9. The fourth-order valence-corrected chi connectivity index (χ4v) is 3.52. The lowest BCUT2D eigenvalue weighted by atomic mass is 10.2. The first-order chi connectivity index (χ1) is 12.8. The number of nitrogens with zero attached hydrogens (tertiary/aromatic N) is 1. The average molecular weight is 364 g/mol. The Bertz CT molecular complexity index is 1100. The molecule has 26 heavy (non-hydrogen) atoms. The first-order valence-electron chi connectivity index (χ1n) is 7.92. The van der Waals surface area contributed by atoms with Crippen molar-refractivity contribution in [2.75, 3.05) is 12.1 Å². The van der Waals surface area contributed by atoms with Crippen molar-refractivity contribution in [2.45, 2.75) is 0 Å². The van der Waals surface area contributed by atoms with Crippen molar-refractivity contribution in [3.05, 3.63) is 59.5 Å². The summed E-state index contributed by atoms with van der Waals surface area (Å²) >= 11 is 1.34. The molecule has 1 aliphatic heterocycles. The number of fused-ring (bicyclic) bond motifs is 2. The van der Waals surface area contributed by atoms with E-state index in [4.69, 9.17) is 13.9 Å². The monoisotopic (exact) mass is 364 g/mol. The number of hydrogen-bond acceptors (Lipinski definition) is 6. The van der Waals surface area contributed by atoms with Crippen molar-refractivity contribution in [1.29, 1.82) is 0 Å². The molecule has 0 unspecified atom stereocenters. The Labute approximate surface area is 152 Å². The molecule has 0 spiro atoms. The van der Waals surface area contributed by atoms with Crippen LogP contribution in [0.5, 0.6) is 11.5 Å². The minimum absolute atomic E-state index is 0.118. The van der Waals surface area contributed by atoms with Crippen molar-refractivity contribution < 1.29 is 18.7 Å². The van der Waals surface area contributed by atoms with Crippen molar-refractivity contribution in [1.82, 2.24) is 4.98 Å². The number of nitrogens with one attached hydrogen (secondary N) is 1. The van der Waals surface area contributed by atoms with E-state index in [9.17, 15) is 4.79 Å². The number of rotatable bonds is 3. The fraction of sp³-hybridized carbons (Fsp3) is 0.0526. The van der Waals surface area contributed by atoms with Gasteiger partial charge in [-0.2, -0.15) is 0 Å². The number of aromatic nitrogens is 1. The Kier molecular flexibility index (Phi) is 3.39. The highest BCUT2D eigenvalue weighted by atomic mass is 32.1. The normalized spacial score (nSPS) is 12.5. The van der Waals surface area contributed by atoms with Gasteiger partial charge in [0.15, 0.2) is 22.4 Å². The largest absolute Gasteiger partial charge is 0.454 e. The van der Waals surface area contributed by atoms with Crippen molar-refractivity contribution in [3.63, 3.8) is 0 Å². The molecule has 0 saturated carbocycles. The Hall–Kier alpha value is -3.32. The summed E-state index contributed by atoms with van der Waals surface area (Å²) in [5, 5.41) is 6.15. The number of ether oxygens (including phenoxy) is 2. The second-order valence-corrected chi connectivity index (χ2v) is 6.54. The van der Waals surface area contributed by atoms with Crippen LogP contribution in [0, 0.1) is 0 Å². The summed E-state index contributed by atoms with van der Waals surface area (Å²) in [5.41, 5.74) is 1.90. The number of carbonyl (C=O) groups excluding carboxylic acids is 1. The number of hydrogen-bond donors (Lipinski definition) is 1. The van der Waals surface area contributed by atoms with Crippen LogP contribution in [-0.2, 0) is 0 Å². The maximum Gasteiger partial charge on any atom is 0.261 e. The minimum Gasteiger partial charge on any atom is -0.454 e. The van der Waals surface area contributed by atoms with E-state index >= 15 is 0 Å². The van der Waals surface area contributed by atoms with Crippen LogP contribution in [0.2, 0.25) is 0 Å². The molecule has 5 rings (SSSR count). The molecule has 0 saturated heterocycles. The lowest BCUT2D eigenvalue weighted by Gasteiger charge is -2.04. The molecule has 2 aromatic heterocycles. The number of anilines is 1. The fourth-order valence-electron chi connectivity index (χ4n) is 2.83. The smallest absolute Gasteiger partial charge is 0.261 e. The maximum absolute atomic E-state index is 12.6. The third-order valence-corrected chi connectivity index (χ3v) is 4.80. The summed E-state index contributed by atoms with van der Waals surface area (Å²) in [6.45, 7) is 0.118. The molecule has 0 fully saturated rings. The Morgan fingerprint density at radius 3 is 2.96 bits per heavy atom. The second kappa shape index (κ2) is 5.89. The zero-order valence-corrected chi connectivity index (χ0v) is 14.2. The van der Waals surface area contributed by atoms with E-state index in [1.807, 2.05) is 35.7 Å². The standard InChI is InChI=1S/C19H12N2O4S/c22-18(12-5-3-7-15-17(12)24-10-23-15)21-19-20-13(9-26-19)16-8-11-4-1-2-6-14(11)25-16/h1-9H,10H2,(H,20,21,22). The lowest BCUT2D eigenvalue weighted by Crippen LogP contribution is -2.12. The highest BCUT2D eigenvalue weighted by Gasteiger charge is 2.22. The predicted octanol–water partition coefficient (Wildman–Crippen LogP) is 4.54. The zero-order chi connectivity index (χ0) is 17.5. The summed E-state index contributed by atoms with van der Waals surface area (Å²) in [4.78, 5) is 17.0. The van der Waals surface area contributed by atoms with Crippen LogP contribution in [0.1, 0.15) is 10.4 Å². The highest BCUT2D eigenvalue weighted by Crippen LogP contribution is 2.36. The van der Waals surface area contributed by atoms with Gasteiger partial charge in [0, 0.05) is 10.8 Å². The highest BCUT2D eigenvalue weighted by molar-refractivity contribution is 7.14. The van der Waals surface area contributed by atoms with E-state index < -0.39 is 0 Å². The van der Waals surface area contributed by atoms with E-state index in [0.717, 1.165) is 11.0 Å². The molecular weight excluding hydrogens is 352 g/mol. The van der Waals surface area contributed by atoms with Gasteiger partial charge in [0.1, 0.15) is 11.3 Å². The molecule has 128 valence electrons. The van der Waals surface area contributed by atoms with Crippen LogP contribution in [0.3, 0.4) is 0 Å². The molecule has 0 atom stereocenters. The number of para-hydroxylation sites is 2. The molecule has 0 radical (unpaired) electrons. The Morgan fingerprint density at radius 2 is 2.04 bits per heavy atom. The van der Waals surface area contributed by atoms with Gasteiger partial charge in [-0.25, -0.2) is 4.98 Å². The topological polar surface area (TPSA) is 73.6 Å². The van der Waals surface area contributed by atoms with Gasteiger partial charge in [0.2, 0.25) is 6.79 Å². The average Bonchev–Trinajstić information content (AvgIpc) is 3.39. The molecule has 2 aromatic carbocycles. The van der Waals surface area contributed by atoms with Gasteiger partial charge in [-0.3, -0.25) is 10.1 Å². The third-order valence-electron chi connectivity index (χ3n) is 4.04. The van der Waals surface area contributed by atoms with Crippen LogP contribution in [0.4, 0.5) is 5.13 Å². The van der Waals surface area contributed by atoms with E-state index in [0.29, 0.717) is 33.6 Å². The van der Waals surface area contributed by atoms with E-state index in [1.165, 1.54) is 11.3 Å². The van der Waals surface area contributed by atoms with Crippen LogP contribution < -0.4 is 14.8 Å². The van der Waals surface area contributed by atoms with Crippen LogP contribution >= 0.6 is 11.3 Å². The number of furan rings is 1. The maximum atomic E-state index is 12.6. The number of benzene rings is 2. The molecule has 7 heteroatoms. The third kappa shape index (κ3) is 2.49. The molecule has 0 aliphatic carbocycles. The van der Waals surface area contributed by atoms with Gasteiger partial charge >= 0.3 is 0 Å². The molecule has 6 nitrogen and oxygen atoms in total. The van der Waals surface area contributed by atoms with E-state index in [-0.39, 0.29) is 12.7 Å². The quantitative estimate of drug-likeness (QED) is 0.578. The SMILES string of the molecule is O=C(Nc1nc(-c2cc3ccccc3o2)cs1)c1cccc2c1OCO2. The Balaban J connectivity index is 1.40. The number of carbonyl (C=O) groups is 1. The van der Waals surface area contributed by atoms with Gasteiger partial charge < -0.3 is 13.9 Å². The first-order valence-corrected chi connectivity index (χ1v) is 8.80. The van der Waals surface area contributed by atoms with Gasteiger partial charge in [-0.15, -0.1) is 11.3 Å². The number of thiazole rings is 1. The van der Waals surface area contributed by atoms with Crippen molar-refractivity contribution in [3.8, 4) is 23.0 Å². The number of amides is 1. The molecule has 1 amide bonds. The van der Waals surface area contributed by atoms with E-state index in [2.05, 4.69) is 10.3 Å². The molecule has 3 heterocycles. The van der Waals surface area contributed by atoms with Gasteiger partial charge in [0.05, 0.1) is 5.56 Å². The molecule has 4 aromatic rings. The van der Waals surface area contributed by atoms with Crippen molar-refractivity contribution >= 4 is 33.3 Å². The summed E-state index contributed by atoms with van der Waals surface area (Å²) < 4.78 is 16.5. The van der Waals surface area contributed by atoms with Crippen LogP contribution in [0.15, 0.2) is 58.3 Å². The summed E-state index contributed by atoms with van der Waals surface area (Å²) in [6.07, 6.45) is 0. The van der Waals surface area contributed by atoms with Gasteiger partial charge in [-0.1, -0.05) is 24.3 Å². The molecule has 0 bridgehead atoms. The first kappa shape index (κ1) is 15.0. The second-order valence-electron chi connectivity index (χ2n) is 5.68. The lowest BCUT2D eigenvalue weighted by molar-refractivity contribution is 0.102. The minimum atomic E-state index is -0.294. The van der Waals surface area contributed by atoms with Crippen LogP contribution in [0.25, 0.3) is 22.4 Å². The van der Waals surface area contributed by atoms with E-state index in [1.54, 1.807) is 18.2 Å². The molecular formula is C19H12N2O4S.